The summed E-state index contributed by atoms with van der Waals surface area (Å²) < 4.78 is 3.90. The molecule has 1 N–H and O–H groups in total. The molecule has 0 unspecified atom stereocenters. The zero-order chi connectivity index (χ0) is 15.4. The Labute approximate surface area is 129 Å². The largest absolute Gasteiger partial charge is 0.311 e. The van der Waals surface area contributed by atoms with Crippen LogP contribution >= 0.6 is 0 Å². The van der Waals surface area contributed by atoms with Crippen molar-refractivity contribution in [2.75, 3.05) is 6.54 Å². The summed E-state index contributed by atoms with van der Waals surface area (Å²) in [7, 11) is 1.88. The third-order valence-electron chi connectivity index (χ3n) is 3.54. The van der Waals surface area contributed by atoms with Crippen LogP contribution in [0, 0.1) is 6.92 Å². The quantitative estimate of drug-likeness (QED) is 0.703. The van der Waals surface area contributed by atoms with Gasteiger partial charge in [0.25, 0.3) is 0 Å². The molecule has 22 heavy (non-hydrogen) atoms. The zero-order valence-corrected chi connectivity index (χ0v) is 12.9. The Morgan fingerprint density at radius 1 is 1.18 bits per heavy atom. The van der Waals surface area contributed by atoms with Crippen molar-refractivity contribution in [3.63, 3.8) is 0 Å². The molecule has 3 rings (SSSR count). The van der Waals surface area contributed by atoms with E-state index in [2.05, 4.69) is 37.3 Å². The minimum Gasteiger partial charge on any atom is -0.311 e. The van der Waals surface area contributed by atoms with Crippen LogP contribution in [0.25, 0.3) is 5.69 Å². The van der Waals surface area contributed by atoms with Crippen molar-refractivity contribution in [2.24, 2.45) is 7.05 Å². The highest BCUT2D eigenvalue weighted by molar-refractivity contribution is 5.35. The molecule has 0 aliphatic carbocycles. The summed E-state index contributed by atoms with van der Waals surface area (Å²) in [5.74, 6) is 0.997. The van der Waals surface area contributed by atoms with Crippen molar-refractivity contribution in [3.8, 4) is 5.69 Å². The van der Waals surface area contributed by atoms with Gasteiger partial charge in [0.05, 0.1) is 17.6 Å². The standard InChI is InChI=1S/C16H20N6/c1-13-18-11-16(22(13)15-6-4-3-5-7-15)10-17-9-8-14-12-21(2)20-19-14/h3-7,11-12,17H,8-10H2,1-2H3. The average Bonchev–Trinajstić information content (AvgIpc) is 3.10. The molecule has 0 saturated carbocycles. The maximum Gasteiger partial charge on any atom is 0.110 e. The fourth-order valence-corrected chi connectivity index (χ4v) is 2.49. The normalized spacial score (nSPS) is 11.0. The van der Waals surface area contributed by atoms with Crippen LogP contribution in [-0.4, -0.2) is 31.1 Å². The van der Waals surface area contributed by atoms with E-state index in [1.54, 1.807) is 4.68 Å². The van der Waals surface area contributed by atoms with Crippen molar-refractivity contribution in [3.05, 3.63) is 59.9 Å². The minimum atomic E-state index is 0.774. The van der Waals surface area contributed by atoms with Crippen molar-refractivity contribution in [2.45, 2.75) is 19.9 Å². The Morgan fingerprint density at radius 3 is 2.73 bits per heavy atom. The van der Waals surface area contributed by atoms with Crippen LogP contribution in [0.3, 0.4) is 0 Å². The van der Waals surface area contributed by atoms with E-state index in [-0.39, 0.29) is 0 Å². The van der Waals surface area contributed by atoms with Crippen LogP contribution in [0.4, 0.5) is 0 Å². The fraction of sp³-hybridized carbons (Fsp3) is 0.312. The van der Waals surface area contributed by atoms with Gasteiger partial charge in [0, 0.05) is 38.4 Å². The van der Waals surface area contributed by atoms with Gasteiger partial charge in [-0.3, -0.25) is 9.25 Å². The molecule has 3 aromatic rings. The van der Waals surface area contributed by atoms with Crippen LogP contribution in [0.5, 0.6) is 0 Å². The predicted octanol–water partition coefficient (Wildman–Crippen LogP) is 1.64. The second kappa shape index (κ2) is 6.53. The number of para-hydroxylation sites is 1. The van der Waals surface area contributed by atoms with Gasteiger partial charge in [0.15, 0.2) is 0 Å². The summed E-state index contributed by atoms with van der Waals surface area (Å²) >= 11 is 0. The maximum atomic E-state index is 4.43. The number of benzene rings is 1. The smallest absolute Gasteiger partial charge is 0.110 e. The molecule has 0 spiro atoms. The van der Waals surface area contributed by atoms with Crippen LogP contribution < -0.4 is 5.32 Å². The lowest BCUT2D eigenvalue weighted by molar-refractivity contribution is 0.656. The lowest BCUT2D eigenvalue weighted by atomic mass is 10.3. The molecule has 2 heterocycles. The van der Waals surface area contributed by atoms with E-state index >= 15 is 0 Å². The summed E-state index contributed by atoms with van der Waals surface area (Å²) in [6, 6.07) is 10.3. The van der Waals surface area contributed by atoms with Crippen LogP contribution in [0.1, 0.15) is 17.2 Å². The van der Waals surface area contributed by atoms with E-state index in [0.717, 1.165) is 42.4 Å². The molecule has 1 aromatic carbocycles. The molecule has 0 fully saturated rings. The van der Waals surface area contributed by atoms with E-state index in [1.165, 1.54) is 0 Å². The maximum absolute atomic E-state index is 4.43. The molecule has 0 aliphatic rings. The van der Waals surface area contributed by atoms with Gasteiger partial charge in [-0.2, -0.15) is 0 Å². The first-order valence-corrected chi connectivity index (χ1v) is 7.38. The number of imidazole rings is 1. The summed E-state index contributed by atoms with van der Waals surface area (Å²) in [5.41, 5.74) is 3.30. The number of aromatic nitrogens is 5. The number of rotatable bonds is 6. The van der Waals surface area contributed by atoms with Gasteiger partial charge in [-0.15, -0.1) is 5.10 Å². The Hall–Kier alpha value is -2.47. The highest BCUT2D eigenvalue weighted by Gasteiger charge is 2.08. The average molecular weight is 296 g/mol. The van der Waals surface area contributed by atoms with E-state index in [4.69, 9.17) is 0 Å². The monoisotopic (exact) mass is 296 g/mol. The van der Waals surface area contributed by atoms with Gasteiger partial charge in [0.1, 0.15) is 5.82 Å². The van der Waals surface area contributed by atoms with Gasteiger partial charge in [-0.1, -0.05) is 23.4 Å². The van der Waals surface area contributed by atoms with Gasteiger partial charge in [-0.25, -0.2) is 4.98 Å². The van der Waals surface area contributed by atoms with E-state index < -0.39 is 0 Å². The first-order valence-electron chi connectivity index (χ1n) is 7.38. The number of hydrogen-bond donors (Lipinski definition) is 1. The molecule has 0 amide bonds. The number of nitrogens with one attached hydrogen (secondary N) is 1. The Balaban J connectivity index is 1.61. The summed E-state index contributed by atoms with van der Waals surface area (Å²) in [4.78, 5) is 4.43. The molecule has 0 radical (unpaired) electrons. The first kappa shape index (κ1) is 14.5. The molecule has 114 valence electrons. The zero-order valence-electron chi connectivity index (χ0n) is 12.9. The Morgan fingerprint density at radius 2 is 2.00 bits per heavy atom. The van der Waals surface area contributed by atoms with E-state index in [0.29, 0.717) is 0 Å². The number of nitrogens with zero attached hydrogens (tertiary/aromatic N) is 5. The second-order valence-corrected chi connectivity index (χ2v) is 5.28. The first-order chi connectivity index (χ1) is 10.7. The van der Waals surface area contributed by atoms with Crippen LogP contribution in [-0.2, 0) is 20.0 Å². The SMILES string of the molecule is Cc1ncc(CNCCc2cn(C)nn2)n1-c1ccccc1. The lowest BCUT2D eigenvalue weighted by Gasteiger charge is -2.10. The van der Waals surface area contributed by atoms with Crippen molar-refractivity contribution in [1.29, 1.82) is 0 Å². The minimum absolute atomic E-state index is 0.774. The third kappa shape index (κ3) is 3.23. The highest BCUT2D eigenvalue weighted by atomic mass is 15.4. The van der Waals surface area contributed by atoms with Gasteiger partial charge in [0.2, 0.25) is 0 Å². The van der Waals surface area contributed by atoms with Crippen molar-refractivity contribution >= 4 is 0 Å². The fourth-order valence-electron chi connectivity index (χ4n) is 2.49. The molecule has 6 nitrogen and oxygen atoms in total. The molecule has 0 aliphatic heterocycles. The Bertz CT molecular complexity index is 728. The lowest BCUT2D eigenvalue weighted by Crippen LogP contribution is -2.19. The molecular weight excluding hydrogens is 276 g/mol. The summed E-state index contributed by atoms with van der Waals surface area (Å²) in [5, 5.41) is 11.5. The molecule has 2 aromatic heterocycles. The summed E-state index contributed by atoms with van der Waals surface area (Å²) in [6.07, 6.45) is 4.74. The second-order valence-electron chi connectivity index (χ2n) is 5.28. The molecular formula is C16H20N6. The Kier molecular flexibility index (Phi) is 4.29. The van der Waals surface area contributed by atoms with E-state index in [1.807, 2.05) is 44.6 Å². The molecule has 0 saturated heterocycles. The molecule has 6 heteroatoms. The van der Waals surface area contributed by atoms with Crippen molar-refractivity contribution in [1.82, 2.24) is 29.9 Å². The number of hydrogen-bond acceptors (Lipinski definition) is 4. The van der Waals surface area contributed by atoms with Gasteiger partial charge in [-0.05, 0) is 19.1 Å². The molecule has 0 atom stereocenters. The van der Waals surface area contributed by atoms with E-state index in [9.17, 15) is 0 Å². The molecule has 0 bridgehead atoms. The topological polar surface area (TPSA) is 60.6 Å². The number of aryl methyl sites for hydroxylation is 2. The summed E-state index contributed by atoms with van der Waals surface area (Å²) in [6.45, 7) is 3.66. The van der Waals surface area contributed by atoms with Gasteiger partial charge >= 0.3 is 0 Å². The highest BCUT2D eigenvalue weighted by Crippen LogP contribution is 2.14. The van der Waals surface area contributed by atoms with Gasteiger partial charge < -0.3 is 5.32 Å². The predicted molar refractivity (Wildman–Crippen MR) is 84.7 cm³/mol. The van der Waals surface area contributed by atoms with Crippen molar-refractivity contribution < 1.29 is 0 Å². The van der Waals surface area contributed by atoms with Crippen LogP contribution in [0.15, 0.2) is 42.7 Å². The van der Waals surface area contributed by atoms with Crippen LogP contribution in [0.2, 0.25) is 0 Å². The third-order valence-corrected chi connectivity index (χ3v) is 3.54.